The number of carboxylic acids is 1. The topological polar surface area (TPSA) is 72.9 Å². The van der Waals surface area contributed by atoms with Gasteiger partial charge < -0.3 is 15.3 Å². The van der Waals surface area contributed by atoms with Crippen molar-refractivity contribution in [2.45, 2.75) is 25.7 Å². The molecular weight excluding hydrogens is 270 g/mol. The Kier molecular flexibility index (Phi) is 4.33. The molecule has 3 aliphatic rings. The van der Waals surface area contributed by atoms with Crippen molar-refractivity contribution in [1.29, 1.82) is 0 Å². The molecule has 2 bridgehead atoms. The van der Waals surface area contributed by atoms with E-state index < -0.39 is 5.97 Å². The lowest BCUT2D eigenvalue weighted by molar-refractivity contribution is -0.138. The molecule has 21 heavy (non-hydrogen) atoms. The molecule has 0 aromatic rings. The summed E-state index contributed by atoms with van der Waals surface area (Å²) in [6.07, 6.45) is 5.39. The first kappa shape index (κ1) is 14.6. The molecule has 2 amide bonds. The van der Waals surface area contributed by atoms with Gasteiger partial charge in [-0.3, -0.25) is 9.69 Å². The minimum Gasteiger partial charge on any atom is -0.480 e. The normalized spacial score (nSPS) is 32.4. The van der Waals surface area contributed by atoms with Crippen LogP contribution in [-0.2, 0) is 4.79 Å². The summed E-state index contributed by atoms with van der Waals surface area (Å²) in [5.74, 6) is 1.63. The molecule has 2 N–H and O–H groups in total. The Morgan fingerprint density at radius 3 is 2.43 bits per heavy atom. The van der Waals surface area contributed by atoms with Crippen LogP contribution in [0.1, 0.15) is 25.7 Å². The van der Waals surface area contributed by atoms with E-state index in [1.165, 1.54) is 25.7 Å². The third-order valence-corrected chi connectivity index (χ3v) is 5.42. The van der Waals surface area contributed by atoms with Crippen molar-refractivity contribution in [1.82, 2.24) is 15.1 Å². The predicted molar refractivity (Wildman–Crippen MR) is 78.0 cm³/mol. The van der Waals surface area contributed by atoms with Gasteiger partial charge in [-0.2, -0.15) is 0 Å². The van der Waals surface area contributed by atoms with E-state index in [9.17, 15) is 9.59 Å². The molecule has 0 spiro atoms. The molecule has 3 unspecified atom stereocenters. The van der Waals surface area contributed by atoms with Crippen LogP contribution in [0.3, 0.4) is 0 Å². The predicted octanol–water partition coefficient (Wildman–Crippen LogP) is 0.834. The number of carboxylic acid groups (broad SMARTS) is 1. The van der Waals surface area contributed by atoms with Gasteiger partial charge in [0.05, 0.1) is 6.54 Å². The largest absolute Gasteiger partial charge is 0.480 e. The van der Waals surface area contributed by atoms with Crippen molar-refractivity contribution < 1.29 is 14.7 Å². The maximum absolute atomic E-state index is 12.2. The third kappa shape index (κ3) is 3.48. The highest BCUT2D eigenvalue weighted by Gasteiger charge is 2.39. The van der Waals surface area contributed by atoms with Gasteiger partial charge in [0.1, 0.15) is 0 Å². The van der Waals surface area contributed by atoms with Crippen LogP contribution in [0.25, 0.3) is 0 Å². The minimum atomic E-state index is -0.802. The molecule has 3 fully saturated rings. The van der Waals surface area contributed by atoms with Gasteiger partial charge in [0.2, 0.25) is 0 Å². The number of aliphatic carboxylic acids is 1. The molecule has 0 aromatic carbocycles. The number of fused-ring (bicyclic) bond motifs is 2. The number of amides is 2. The van der Waals surface area contributed by atoms with E-state index >= 15 is 0 Å². The van der Waals surface area contributed by atoms with Gasteiger partial charge in [0, 0.05) is 32.7 Å². The Hall–Kier alpha value is -1.30. The summed E-state index contributed by atoms with van der Waals surface area (Å²) in [5.41, 5.74) is 0. The van der Waals surface area contributed by atoms with Gasteiger partial charge in [0.25, 0.3) is 0 Å². The van der Waals surface area contributed by atoms with Gasteiger partial charge in [-0.1, -0.05) is 6.42 Å². The van der Waals surface area contributed by atoms with Gasteiger partial charge in [0.15, 0.2) is 0 Å². The van der Waals surface area contributed by atoms with Gasteiger partial charge >= 0.3 is 12.0 Å². The number of nitrogens with zero attached hydrogens (tertiary/aromatic N) is 2. The van der Waals surface area contributed by atoms with E-state index in [0.29, 0.717) is 32.1 Å². The van der Waals surface area contributed by atoms with Crippen LogP contribution in [0.2, 0.25) is 0 Å². The lowest BCUT2D eigenvalue weighted by Crippen LogP contribution is -2.53. The van der Waals surface area contributed by atoms with Crippen LogP contribution in [0.4, 0.5) is 4.79 Å². The second-order valence-electron chi connectivity index (χ2n) is 6.78. The van der Waals surface area contributed by atoms with Crippen LogP contribution < -0.4 is 5.32 Å². The van der Waals surface area contributed by atoms with E-state index in [-0.39, 0.29) is 12.6 Å². The van der Waals surface area contributed by atoms with Crippen LogP contribution >= 0.6 is 0 Å². The lowest BCUT2D eigenvalue weighted by Gasteiger charge is -2.34. The van der Waals surface area contributed by atoms with Gasteiger partial charge in [-0.25, -0.2) is 4.79 Å². The maximum Gasteiger partial charge on any atom is 0.317 e. The summed E-state index contributed by atoms with van der Waals surface area (Å²) in [4.78, 5) is 26.5. The SMILES string of the molecule is O=C(O)CN1CCN(C(=O)NCC2CC3CCC2C3)CC1. The van der Waals surface area contributed by atoms with Crippen molar-refractivity contribution in [2.75, 3.05) is 39.3 Å². The first-order chi connectivity index (χ1) is 10.1. The fraction of sp³-hybridized carbons (Fsp3) is 0.867. The Labute approximate surface area is 125 Å². The Balaban J connectivity index is 1.37. The number of hydrogen-bond donors (Lipinski definition) is 2. The zero-order valence-electron chi connectivity index (χ0n) is 12.5. The molecule has 2 saturated carbocycles. The standard InChI is InChI=1S/C15H25N3O3/c19-14(20)10-17-3-5-18(6-4-17)15(21)16-9-13-8-11-1-2-12(13)7-11/h11-13H,1-10H2,(H,16,21)(H,19,20). The first-order valence-electron chi connectivity index (χ1n) is 8.08. The Morgan fingerprint density at radius 1 is 1.10 bits per heavy atom. The van der Waals surface area contributed by atoms with Crippen molar-refractivity contribution >= 4 is 12.0 Å². The molecule has 0 radical (unpaired) electrons. The molecule has 1 aliphatic heterocycles. The second kappa shape index (κ2) is 6.22. The fourth-order valence-electron chi connectivity index (χ4n) is 4.26. The molecule has 6 nitrogen and oxygen atoms in total. The average molecular weight is 295 g/mol. The summed E-state index contributed by atoms with van der Waals surface area (Å²) in [7, 11) is 0. The van der Waals surface area contributed by atoms with E-state index in [0.717, 1.165) is 18.4 Å². The highest BCUT2D eigenvalue weighted by molar-refractivity contribution is 5.74. The molecule has 3 atom stereocenters. The smallest absolute Gasteiger partial charge is 0.317 e. The second-order valence-corrected chi connectivity index (χ2v) is 6.78. The van der Waals surface area contributed by atoms with E-state index in [1.807, 2.05) is 9.80 Å². The number of carbonyl (C=O) groups is 2. The zero-order chi connectivity index (χ0) is 14.8. The quantitative estimate of drug-likeness (QED) is 0.806. The number of piperazine rings is 1. The van der Waals surface area contributed by atoms with E-state index in [1.54, 1.807) is 0 Å². The average Bonchev–Trinajstić information content (AvgIpc) is 3.07. The van der Waals surface area contributed by atoms with Crippen LogP contribution in [0, 0.1) is 17.8 Å². The molecule has 0 aromatic heterocycles. The Bertz CT molecular complexity index is 407. The van der Waals surface area contributed by atoms with Crippen LogP contribution in [-0.4, -0.2) is 66.2 Å². The van der Waals surface area contributed by atoms with Crippen molar-refractivity contribution in [2.24, 2.45) is 17.8 Å². The number of rotatable bonds is 4. The maximum atomic E-state index is 12.2. The monoisotopic (exact) mass is 295 g/mol. The summed E-state index contributed by atoms with van der Waals surface area (Å²) in [6, 6.07) is 0.0211. The minimum absolute atomic E-state index is 0.0211. The van der Waals surface area contributed by atoms with Crippen molar-refractivity contribution in [3.05, 3.63) is 0 Å². The molecule has 1 saturated heterocycles. The fourth-order valence-corrected chi connectivity index (χ4v) is 4.26. The zero-order valence-corrected chi connectivity index (χ0v) is 12.5. The highest BCUT2D eigenvalue weighted by Crippen LogP contribution is 2.47. The van der Waals surface area contributed by atoms with Gasteiger partial charge in [-0.15, -0.1) is 0 Å². The van der Waals surface area contributed by atoms with E-state index in [2.05, 4.69) is 5.32 Å². The molecule has 6 heteroatoms. The highest BCUT2D eigenvalue weighted by atomic mass is 16.4. The van der Waals surface area contributed by atoms with E-state index in [4.69, 9.17) is 5.11 Å². The molecule has 2 aliphatic carbocycles. The summed E-state index contributed by atoms with van der Waals surface area (Å²) in [6.45, 7) is 3.42. The van der Waals surface area contributed by atoms with Crippen molar-refractivity contribution in [3.8, 4) is 0 Å². The van der Waals surface area contributed by atoms with Crippen molar-refractivity contribution in [3.63, 3.8) is 0 Å². The van der Waals surface area contributed by atoms with Gasteiger partial charge in [-0.05, 0) is 37.0 Å². The summed E-state index contributed by atoms with van der Waals surface area (Å²) >= 11 is 0. The molecule has 118 valence electrons. The summed E-state index contributed by atoms with van der Waals surface area (Å²) in [5, 5.41) is 11.9. The number of carbonyl (C=O) groups excluding carboxylic acids is 1. The molecular formula is C15H25N3O3. The number of nitrogens with one attached hydrogen (secondary N) is 1. The first-order valence-corrected chi connectivity index (χ1v) is 8.08. The Morgan fingerprint density at radius 2 is 1.86 bits per heavy atom. The number of urea groups is 1. The van der Waals surface area contributed by atoms with Crippen LogP contribution in [0.5, 0.6) is 0 Å². The molecule has 3 rings (SSSR count). The third-order valence-electron chi connectivity index (χ3n) is 5.42. The van der Waals surface area contributed by atoms with Crippen LogP contribution in [0.15, 0.2) is 0 Å². The lowest BCUT2D eigenvalue weighted by atomic mass is 9.89. The molecule has 1 heterocycles. The number of hydrogen-bond acceptors (Lipinski definition) is 3. The summed E-state index contributed by atoms with van der Waals surface area (Å²) < 4.78 is 0.